The van der Waals surface area contributed by atoms with Gasteiger partial charge in [0.25, 0.3) is 0 Å². The van der Waals surface area contributed by atoms with Gasteiger partial charge in [-0.1, -0.05) is 29.3 Å². The quantitative estimate of drug-likeness (QED) is 0.781. The van der Waals surface area contributed by atoms with E-state index >= 15 is 0 Å². The van der Waals surface area contributed by atoms with Crippen LogP contribution in [0.15, 0.2) is 18.2 Å². The van der Waals surface area contributed by atoms with Gasteiger partial charge in [-0.2, -0.15) is 0 Å². The lowest BCUT2D eigenvalue weighted by atomic mass is 10.1. The molecule has 7 heteroatoms. The highest BCUT2D eigenvalue weighted by atomic mass is 35.5. The number of halogens is 2. The third-order valence-electron chi connectivity index (χ3n) is 3.40. The maximum atomic E-state index is 12.1. The molecule has 1 aliphatic heterocycles. The number of morpholine rings is 1. The zero-order valence-corrected chi connectivity index (χ0v) is 13.1. The second-order valence-electron chi connectivity index (χ2n) is 4.90. The van der Waals surface area contributed by atoms with Crippen LogP contribution in [0.2, 0.25) is 10.0 Å². The molecule has 1 fully saturated rings. The summed E-state index contributed by atoms with van der Waals surface area (Å²) in [6, 6.07) is 4.57. The molecule has 1 amide bonds. The minimum Gasteiger partial charge on any atom is -0.386 e. The van der Waals surface area contributed by atoms with E-state index in [0.29, 0.717) is 28.8 Å². The van der Waals surface area contributed by atoms with E-state index in [1.54, 1.807) is 18.2 Å². The molecule has 0 spiro atoms. The second kappa shape index (κ2) is 7.42. The van der Waals surface area contributed by atoms with Crippen molar-refractivity contribution in [2.24, 2.45) is 0 Å². The van der Waals surface area contributed by atoms with Crippen molar-refractivity contribution in [3.8, 4) is 0 Å². The van der Waals surface area contributed by atoms with E-state index in [1.807, 2.05) is 6.92 Å². The smallest absolute Gasteiger partial charge is 0.239 e. The van der Waals surface area contributed by atoms with Crippen molar-refractivity contribution in [1.29, 1.82) is 0 Å². The molecule has 1 unspecified atom stereocenters. The van der Waals surface area contributed by atoms with Crippen LogP contribution in [0.4, 0.5) is 0 Å². The first kappa shape index (κ1) is 16.5. The number of hydrogen-bond donors (Lipinski definition) is 3. The molecule has 3 atom stereocenters. The minimum atomic E-state index is -0.963. The number of rotatable bonds is 4. The molecule has 0 saturated carbocycles. The van der Waals surface area contributed by atoms with Crippen molar-refractivity contribution in [2.75, 3.05) is 19.7 Å². The van der Waals surface area contributed by atoms with Gasteiger partial charge in [0.1, 0.15) is 6.04 Å². The largest absolute Gasteiger partial charge is 0.386 e. The SMILES string of the molecule is C[C@H]1OCCN[C@@H]1C(=O)NCC(O)c1c(Cl)cccc1Cl. The molecule has 5 nitrogen and oxygen atoms in total. The molecule has 116 valence electrons. The summed E-state index contributed by atoms with van der Waals surface area (Å²) in [4.78, 5) is 12.1. The Balaban J connectivity index is 1.94. The summed E-state index contributed by atoms with van der Waals surface area (Å²) in [6.07, 6.45) is -1.17. The first-order chi connectivity index (χ1) is 10.0. The van der Waals surface area contributed by atoms with Crippen molar-refractivity contribution in [3.63, 3.8) is 0 Å². The number of benzene rings is 1. The Kier molecular flexibility index (Phi) is 5.84. The van der Waals surface area contributed by atoms with Crippen LogP contribution >= 0.6 is 23.2 Å². The lowest BCUT2D eigenvalue weighted by molar-refractivity contribution is -0.129. The van der Waals surface area contributed by atoms with Crippen LogP contribution in [-0.4, -0.2) is 42.9 Å². The third kappa shape index (κ3) is 4.08. The molecular weight excluding hydrogens is 315 g/mol. The number of amides is 1. The molecule has 21 heavy (non-hydrogen) atoms. The van der Waals surface area contributed by atoms with Crippen molar-refractivity contribution < 1.29 is 14.6 Å². The third-order valence-corrected chi connectivity index (χ3v) is 4.06. The van der Waals surface area contributed by atoms with E-state index in [0.717, 1.165) is 0 Å². The predicted molar refractivity (Wildman–Crippen MR) is 81.6 cm³/mol. The highest BCUT2D eigenvalue weighted by molar-refractivity contribution is 6.36. The Labute approximate surface area is 133 Å². The average molecular weight is 333 g/mol. The Morgan fingerprint density at radius 3 is 2.81 bits per heavy atom. The summed E-state index contributed by atoms with van der Waals surface area (Å²) in [7, 11) is 0. The van der Waals surface area contributed by atoms with Gasteiger partial charge in [-0.25, -0.2) is 0 Å². The minimum absolute atomic E-state index is 0.0349. The Bertz CT molecular complexity index is 493. The maximum Gasteiger partial charge on any atom is 0.239 e. The Hall–Kier alpha value is -0.850. The van der Waals surface area contributed by atoms with Crippen LogP contribution in [0.25, 0.3) is 0 Å². The van der Waals surface area contributed by atoms with Gasteiger partial charge in [-0.05, 0) is 19.1 Å². The molecule has 0 aromatic heterocycles. The van der Waals surface area contributed by atoms with Crippen LogP contribution in [0, 0.1) is 0 Å². The van der Waals surface area contributed by atoms with Gasteiger partial charge in [-0.15, -0.1) is 0 Å². The molecule has 1 aromatic rings. The molecule has 3 N–H and O–H groups in total. The van der Waals surface area contributed by atoms with E-state index in [9.17, 15) is 9.90 Å². The molecule has 2 rings (SSSR count). The van der Waals surface area contributed by atoms with Crippen LogP contribution in [0.5, 0.6) is 0 Å². The van der Waals surface area contributed by atoms with Crippen LogP contribution < -0.4 is 10.6 Å². The van der Waals surface area contributed by atoms with Crippen molar-refractivity contribution in [3.05, 3.63) is 33.8 Å². The zero-order chi connectivity index (χ0) is 15.4. The van der Waals surface area contributed by atoms with E-state index in [-0.39, 0.29) is 18.6 Å². The van der Waals surface area contributed by atoms with Crippen molar-refractivity contribution >= 4 is 29.1 Å². The van der Waals surface area contributed by atoms with E-state index in [1.165, 1.54) is 0 Å². The lowest BCUT2D eigenvalue weighted by Crippen LogP contribution is -2.55. The number of aliphatic hydroxyl groups excluding tert-OH is 1. The number of ether oxygens (including phenoxy) is 1. The summed E-state index contributed by atoms with van der Waals surface area (Å²) in [6.45, 7) is 3.08. The van der Waals surface area contributed by atoms with Gasteiger partial charge in [0, 0.05) is 28.7 Å². The summed E-state index contributed by atoms with van der Waals surface area (Å²) in [5, 5.41) is 16.7. The van der Waals surface area contributed by atoms with Crippen LogP contribution in [0.1, 0.15) is 18.6 Å². The second-order valence-corrected chi connectivity index (χ2v) is 5.72. The molecular formula is C14H18Cl2N2O3. The molecule has 0 bridgehead atoms. The zero-order valence-electron chi connectivity index (χ0n) is 11.6. The Morgan fingerprint density at radius 1 is 1.52 bits per heavy atom. The molecule has 0 aliphatic carbocycles. The van der Waals surface area contributed by atoms with E-state index < -0.39 is 12.1 Å². The fourth-order valence-electron chi connectivity index (χ4n) is 2.27. The van der Waals surface area contributed by atoms with E-state index in [4.69, 9.17) is 27.9 Å². The number of aliphatic hydroxyl groups is 1. The predicted octanol–water partition coefficient (Wildman–Crippen LogP) is 1.52. The maximum absolute atomic E-state index is 12.1. The summed E-state index contributed by atoms with van der Waals surface area (Å²) in [5.74, 6) is -0.218. The van der Waals surface area contributed by atoms with Gasteiger partial charge in [-0.3, -0.25) is 4.79 Å². The molecule has 1 aliphatic rings. The summed E-state index contributed by atoms with van der Waals surface area (Å²) >= 11 is 12.0. The van der Waals surface area contributed by atoms with Crippen molar-refractivity contribution in [2.45, 2.75) is 25.2 Å². The van der Waals surface area contributed by atoms with Crippen LogP contribution in [-0.2, 0) is 9.53 Å². The monoisotopic (exact) mass is 332 g/mol. The highest BCUT2D eigenvalue weighted by Gasteiger charge is 2.28. The van der Waals surface area contributed by atoms with Gasteiger partial charge < -0.3 is 20.5 Å². The number of nitrogens with one attached hydrogen (secondary N) is 2. The fraction of sp³-hybridized carbons (Fsp3) is 0.500. The van der Waals surface area contributed by atoms with Crippen LogP contribution in [0.3, 0.4) is 0 Å². The van der Waals surface area contributed by atoms with E-state index in [2.05, 4.69) is 10.6 Å². The normalized spacial score (nSPS) is 23.6. The number of hydrogen-bond acceptors (Lipinski definition) is 4. The number of carbonyl (C=O) groups excluding carboxylic acids is 1. The Morgan fingerprint density at radius 2 is 2.19 bits per heavy atom. The molecule has 0 radical (unpaired) electrons. The van der Waals surface area contributed by atoms with Gasteiger partial charge >= 0.3 is 0 Å². The lowest BCUT2D eigenvalue weighted by Gasteiger charge is -2.29. The molecule has 1 heterocycles. The molecule has 1 saturated heterocycles. The summed E-state index contributed by atoms with van der Waals surface area (Å²) < 4.78 is 5.41. The average Bonchev–Trinajstić information content (AvgIpc) is 2.45. The molecule has 1 aromatic carbocycles. The highest BCUT2D eigenvalue weighted by Crippen LogP contribution is 2.29. The summed E-state index contributed by atoms with van der Waals surface area (Å²) in [5.41, 5.74) is 0.419. The first-order valence-corrected chi connectivity index (χ1v) is 7.51. The van der Waals surface area contributed by atoms with Gasteiger partial charge in [0.2, 0.25) is 5.91 Å². The fourth-order valence-corrected chi connectivity index (χ4v) is 2.91. The number of carbonyl (C=O) groups is 1. The first-order valence-electron chi connectivity index (χ1n) is 6.75. The van der Waals surface area contributed by atoms with Gasteiger partial charge in [0.15, 0.2) is 0 Å². The standard InChI is InChI=1S/C14H18Cl2N2O3/c1-8-13(17-5-6-21-8)14(20)18-7-11(19)12-9(15)3-2-4-10(12)16/h2-4,8,11,13,17,19H,5-7H2,1H3,(H,18,20)/t8-,11?,13+/m1/s1. The van der Waals surface area contributed by atoms with Crippen molar-refractivity contribution in [1.82, 2.24) is 10.6 Å². The topological polar surface area (TPSA) is 70.6 Å². The van der Waals surface area contributed by atoms with Gasteiger partial charge in [0.05, 0.1) is 18.8 Å².